The highest BCUT2D eigenvalue weighted by atomic mass is 16.5. The van der Waals surface area contributed by atoms with Gasteiger partial charge in [0.1, 0.15) is 11.5 Å². The number of β-amino-alcohol motifs (C(OH)–C–C–N with tert-alkyl or cyclic N) is 1. The zero-order chi connectivity index (χ0) is 17.8. The molecule has 2 aromatic rings. The van der Waals surface area contributed by atoms with Crippen molar-refractivity contribution in [2.45, 2.75) is 25.1 Å². The Morgan fingerprint density at radius 2 is 2.04 bits per heavy atom. The van der Waals surface area contributed by atoms with E-state index in [-0.39, 0.29) is 12.1 Å². The number of nitrogens with zero attached hydrogens (tertiary/aromatic N) is 2. The fourth-order valence-corrected chi connectivity index (χ4v) is 3.44. The van der Waals surface area contributed by atoms with Gasteiger partial charge in [-0.15, -0.1) is 0 Å². The van der Waals surface area contributed by atoms with Gasteiger partial charge in [0, 0.05) is 24.7 Å². The first-order chi connectivity index (χ1) is 12.1. The third kappa shape index (κ3) is 3.76. The van der Waals surface area contributed by atoms with Crippen molar-refractivity contribution in [2.75, 3.05) is 20.8 Å². The molecule has 25 heavy (non-hydrogen) atoms. The molecule has 2 unspecified atom stereocenters. The fourth-order valence-electron chi connectivity index (χ4n) is 3.44. The Labute approximate surface area is 148 Å². The molecule has 2 atom stereocenters. The Morgan fingerprint density at radius 3 is 2.76 bits per heavy atom. The second kappa shape index (κ2) is 7.56. The SMILES string of the molecule is COc1cccc(C2CC(O)CN2Cc2cc(C#N)ccc2OC)c1. The van der Waals surface area contributed by atoms with Gasteiger partial charge in [-0.25, -0.2) is 0 Å². The van der Waals surface area contributed by atoms with Crippen molar-refractivity contribution in [2.24, 2.45) is 0 Å². The van der Waals surface area contributed by atoms with Gasteiger partial charge in [-0.05, 0) is 42.3 Å². The standard InChI is InChI=1S/C20H22N2O3/c1-24-18-5-3-4-15(9-18)19-10-17(23)13-22(19)12-16-8-14(11-21)6-7-20(16)25-2/h3-9,17,19,23H,10,12-13H2,1-2H3. The lowest BCUT2D eigenvalue weighted by atomic mass is 10.0. The van der Waals surface area contributed by atoms with E-state index in [1.807, 2.05) is 30.3 Å². The van der Waals surface area contributed by atoms with Gasteiger partial charge in [0.25, 0.3) is 0 Å². The molecular formula is C20H22N2O3. The molecule has 1 fully saturated rings. The van der Waals surface area contributed by atoms with Crippen LogP contribution >= 0.6 is 0 Å². The summed E-state index contributed by atoms with van der Waals surface area (Å²) in [6.07, 6.45) is 0.300. The maximum atomic E-state index is 10.2. The van der Waals surface area contributed by atoms with Crippen LogP contribution in [0.15, 0.2) is 42.5 Å². The molecule has 0 spiro atoms. The number of methoxy groups -OCH3 is 2. The molecule has 0 bridgehead atoms. The minimum Gasteiger partial charge on any atom is -0.497 e. The van der Waals surface area contributed by atoms with E-state index in [2.05, 4.69) is 17.0 Å². The molecule has 0 radical (unpaired) electrons. The topological polar surface area (TPSA) is 65.7 Å². The molecular weight excluding hydrogens is 316 g/mol. The minimum atomic E-state index is -0.374. The average Bonchev–Trinajstić information content (AvgIpc) is 3.02. The molecule has 1 aliphatic heterocycles. The lowest BCUT2D eigenvalue weighted by Gasteiger charge is -2.25. The van der Waals surface area contributed by atoms with E-state index < -0.39 is 0 Å². The van der Waals surface area contributed by atoms with Crippen molar-refractivity contribution in [1.82, 2.24) is 4.90 Å². The second-order valence-corrected chi connectivity index (χ2v) is 6.25. The van der Waals surface area contributed by atoms with Gasteiger partial charge in [-0.1, -0.05) is 12.1 Å². The predicted octanol–water partition coefficient (Wildman–Crippen LogP) is 2.88. The first-order valence-corrected chi connectivity index (χ1v) is 8.27. The molecule has 130 valence electrons. The summed E-state index contributed by atoms with van der Waals surface area (Å²) < 4.78 is 10.8. The zero-order valence-corrected chi connectivity index (χ0v) is 14.5. The van der Waals surface area contributed by atoms with Crippen LogP contribution in [0, 0.1) is 11.3 Å². The van der Waals surface area contributed by atoms with E-state index >= 15 is 0 Å². The summed E-state index contributed by atoms with van der Waals surface area (Å²) in [5, 5.41) is 19.4. The maximum Gasteiger partial charge on any atom is 0.123 e. The molecule has 2 aromatic carbocycles. The Balaban J connectivity index is 1.89. The van der Waals surface area contributed by atoms with E-state index in [1.165, 1.54) is 0 Å². The van der Waals surface area contributed by atoms with Gasteiger partial charge in [0.2, 0.25) is 0 Å². The predicted molar refractivity (Wildman–Crippen MR) is 94.5 cm³/mol. The monoisotopic (exact) mass is 338 g/mol. The van der Waals surface area contributed by atoms with Crippen molar-refractivity contribution in [3.63, 3.8) is 0 Å². The summed E-state index contributed by atoms with van der Waals surface area (Å²) in [5.41, 5.74) is 2.67. The molecule has 1 N–H and O–H groups in total. The van der Waals surface area contributed by atoms with E-state index in [9.17, 15) is 5.11 Å². The molecule has 1 aliphatic rings. The van der Waals surface area contributed by atoms with E-state index in [0.29, 0.717) is 25.1 Å². The summed E-state index contributed by atoms with van der Waals surface area (Å²) in [5.74, 6) is 1.56. The van der Waals surface area contributed by atoms with Crippen molar-refractivity contribution >= 4 is 0 Å². The van der Waals surface area contributed by atoms with Gasteiger partial charge >= 0.3 is 0 Å². The first-order valence-electron chi connectivity index (χ1n) is 8.27. The number of hydrogen-bond acceptors (Lipinski definition) is 5. The van der Waals surface area contributed by atoms with Gasteiger partial charge in [0.05, 0.1) is 32.0 Å². The molecule has 1 heterocycles. The Hall–Kier alpha value is -2.55. The number of hydrogen-bond donors (Lipinski definition) is 1. The van der Waals surface area contributed by atoms with E-state index in [0.717, 1.165) is 22.6 Å². The fraction of sp³-hybridized carbons (Fsp3) is 0.350. The molecule has 0 amide bonds. The second-order valence-electron chi connectivity index (χ2n) is 6.25. The quantitative estimate of drug-likeness (QED) is 0.908. The van der Waals surface area contributed by atoms with Crippen molar-refractivity contribution in [3.05, 3.63) is 59.2 Å². The van der Waals surface area contributed by atoms with Gasteiger partial charge in [-0.2, -0.15) is 5.26 Å². The number of aliphatic hydroxyl groups excluding tert-OH is 1. The third-order valence-corrected chi connectivity index (χ3v) is 4.64. The Morgan fingerprint density at radius 1 is 1.20 bits per heavy atom. The van der Waals surface area contributed by atoms with Gasteiger partial charge < -0.3 is 14.6 Å². The molecule has 5 heteroatoms. The summed E-state index contributed by atoms with van der Waals surface area (Å²) in [7, 11) is 3.28. The van der Waals surface area contributed by atoms with E-state index in [1.54, 1.807) is 20.3 Å². The minimum absolute atomic E-state index is 0.0977. The maximum absolute atomic E-state index is 10.2. The molecule has 0 aliphatic carbocycles. The van der Waals surface area contributed by atoms with Gasteiger partial charge in [-0.3, -0.25) is 4.90 Å². The number of nitriles is 1. The lowest BCUT2D eigenvalue weighted by Crippen LogP contribution is -2.24. The smallest absolute Gasteiger partial charge is 0.123 e. The summed E-state index contributed by atoms with van der Waals surface area (Å²) in [4.78, 5) is 2.22. The highest BCUT2D eigenvalue weighted by Gasteiger charge is 2.32. The van der Waals surface area contributed by atoms with Crippen molar-refractivity contribution in [3.8, 4) is 17.6 Å². The number of ether oxygens (including phenoxy) is 2. The summed E-state index contributed by atoms with van der Waals surface area (Å²) in [6, 6.07) is 15.6. The number of likely N-dealkylation sites (tertiary alicyclic amines) is 1. The van der Waals surface area contributed by atoms with Crippen LogP contribution in [-0.4, -0.2) is 36.9 Å². The average molecular weight is 338 g/mol. The van der Waals surface area contributed by atoms with Crippen LogP contribution in [0.4, 0.5) is 0 Å². The van der Waals surface area contributed by atoms with Crippen LogP contribution in [0.1, 0.15) is 29.2 Å². The Kier molecular flexibility index (Phi) is 5.22. The lowest BCUT2D eigenvalue weighted by molar-refractivity contribution is 0.172. The highest BCUT2D eigenvalue weighted by Crippen LogP contribution is 2.36. The van der Waals surface area contributed by atoms with E-state index in [4.69, 9.17) is 14.7 Å². The molecule has 1 saturated heterocycles. The third-order valence-electron chi connectivity index (χ3n) is 4.64. The normalized spacial score (nSPS) is 20.2. The van der Waals surface area contributed by atoms with Crippen molar-refractivity contribution < 1.29 is 14.6 Å². The number of benzene rings is 2. The zero-order valence-electron chi connectivity index (χ0n) is 14.5. The number of aliphatic hydroxyl groups is 1. The van der Waals surface area contributed by atoms with Crippen LogP contribution < -0.4 is 9.47 Å². The van der Waals surface area contributed by atoms with Crippen LogP contribution in [0.2, 0.25) is 0 Å². The van der Waals surface area contributed by atoms with Crippen LogP contribution in [0.5, 0.6) is 11.5 Å². The van der Waals surface area contributed by atoms with Gasteiger partial charge in [0.15, 0.2) is 0 Å². The summed E-state index contributed by atoms with van der Waals surface area (Å²) in [6.45, 7) is 1.19. The van der Waals surface area contributed by atoms with Crippen LogP contribution in [0.3, 0.4) is 0 Å². The van der Waals surface area contributed by atoms with Crippen LogP contribution in [0.25, 0.3) is 0 Å². The van der Waals surface area contributed by atoms with Crippen molar-refractivity contribution in [1.29, 1.82) is 5.26 Å². The highest BCUT2D eigenvalue weighted by molar-refractivity contribution is 5.42. The molecule has 0 saturated carbocycles. The Bertz CT molecular complexity index is 785. The number of rotatable bonds is 5. The summed E-state index contributed by atoms with van der Waals surface area (Å²) >= 11 is 0. The first kappa shape index (κ1) is 17.3. The molecule has 0 aromatic heterocycles. The molecule has 3 rings (SSSR count). The largest absolute Gasteiger partial charge is 0.497 e. The molecule has 5 nitrogen and oxygen atoms in total. The van der Waals surface area contributed by atoms with Crippen LogP contribution in [-0.2, 0) is 6.54 Å².